The van der Waals surface area contributed by atoms with Gasteiger partial charge in [-0.25, -0.2) is 0 Å². The molecule has 2 amide bonds. The van der Waals surface area contributed by atoms with Gasteiger partial charge in [-0.2, -0.15) is 0 Å². The van der Waals surface area contributed by atoms with Crippen molar-refractivity contribution in [2.24, 2.45) is 0 Å². The van der Waals surface area contributed by atoms with Crippen molar-refractivity contribution in [3.8, 4) is 11.5 Å². The topological polar surface area (TPSA) is 76.7 Å². The third-order valence-electron chi connectivity index (χ3n) is 4.40. The van der Waals surface area contributed by atoms with E-state index in [-0.39, 0.29) is 18.4 Å². The molecule has 0 unspecified atom stereocenters. The average Bonchev–Trinajstić information content (AvgIpc) is 2.79. The van der Waals surface area contributed by atoms with E-state index < -0.39 is 0 Å². The smallest absolute Gasteiger partial charge is 0.262 e. The van der Waals surface area contributed by atoms with Crippen LogP contribution in [0.25, 0.3) is 0 Å². The molecule has 0 spiro atoms. The van der Waals surface area contributed by atoms with E-state index in [0.29, 0.717) is 29.3 Å². The van der Waals surface area contributed by atoms with Gasteiger partial charge in [0.15, 0.2) is 6.61 Å². The molecule has 3 aromatic carbocycles. The molecule has 3 rings (SSSR count). The summed E-state index contributed by atoms with van der Waals surface area (Å²) in [6.45, 7) is 0.432. The molecule has 0 aromatic heterocycles. The minimum absolute atomic E-state index is 0.130. The van der Waals surface area contributed by atoms with Crippen LogP contribution in [0.2, 0.25) is 0 Å². The van der Waals surface area contributed by atoms with Crippen LogP contribution in [-0.2, 0) is 11.2 Å². The van der Waals surface area contributed by atoms with Crippen LogP contribution in [0.3, 0.4) is 0 Å². The van der Waals surface area contributed by atoms with Crippen LogP contribution in [0.15, 0.2) is 78.9 Å². The van der Waals surface area contributed by atoms with Gasteiger partial charge in [-0.3, -0.25) is 9.59 Å². The normalized spacial score (nSPS) is 10.2. The van der Waals surface area contributed by atoms with Crippen LogP contribution in [-0.4, -0.2) is 32.1 Å². The Balaban J connectivity index is 1.42. The largest absolute Gasteiger partial charge is 0.497 e. The summed E-state index contributed by atoms with van der Waals surface area (Å²) in [6, 6.07) is 23.7. The summed E-state index contributed by atoms with van der Waals surface area (Å²) >= 11 is 0. The molecule has 6 nitrogen and oxygen atoms in total. The monoisotopic (exact) mass is 404 g/mol. The fourth-order valence-corrected chi connectivity index (χ4v) is 2.79. The highest BCUT2D eigenvalue weighted by Crippen LogP contribution is 2.15. The van der Waals surface area contributed by atoms with Crippen molar-refractivity contribution in [3.05, 3.63) is 90.0 Å². The predicted molar refractivity (Wildman–Crippen MR) is 116 cm³/mol. The molecule has 0 atom stereocenters. The highest BCUT2D eigenvalue weighted by Gasteiger charge is 2.07. The molecule has 0 radical (unpaired) electrons. The summed E-state index contributed by atoms with van der Waals surface area (Å²) in [5.74, 6) is 0.812. The number of methoxy groups -OCH3 is 1. The Kier molecular flexibility index (Phi) is 7.44. The number of carbonyl (C=O) groups excluding carboxylic acids is 2. The molecule has 0 aliphatic rings. The number of anilines is 1. The number of nitrogens with one attached hydrogen (secondary N) is 2. The molecule has 0 bridgehead atoms. The minimum Gasteiger partial charge on any atom is -0.497 e. The maximum absolute atomic E-state index is 12.2. The molecule has 3 aromatic rings. The van der Waals surface area contributed by atoms with Gasteiger partial charge >= 0.3 is 0 Å². The first-order chi connectivity index (χ1) is 14.6. The fourth-order valence-electron chi connectivity index (χ4n) is 2.79. The lowest BCUT2D eigenvalue weighted by molar-refractivity contribution is -0.118. The Morgan fingerprint density at radius 2 is 1.50 bits per heavy atom. The van der Waals surface area contributed by atoms with Crippen LogP contribution >= 0.6 is 0 Å². The first-order valence-corrected chi connectivity index (χ1v) is 9.63. The average molecular weight is 404 g/mol. The van der Waals surface area contributed by atoms with E-state index in [4.69, 9.17) is 9.47 Å². The van der Waals surface area contributed by atoms with Crippen LogP contribution < -0.4 is 20.1 Å². The molecule has 0 heterocycles. The van der Waals surface area contributed by atoms with Crippen LogP contribution in [0, 0.1) is 0 Å². The number of rotatable bonds is 9. The van der Waals surface area contributed by atoms with Crippen molar-refractivity contribution in [1.82, 2.24) is 5.32 Å². The summed E-state index contributed by atoms with van der Waals surface area (Å²) in [4.78, 5) is 24.3. The summed E-state index contributed by atoms with van der Waals surface area (Å²) in [7, 11) is 1.58. The third-order valence-corrected chi connectivity index (χ3v) is 4.40. The fraction of sp³-hybridized carbons (Fsp3) is 0.167. The lowest BCUT2D eigenvalue weighted by Crippen LogP contribution is -2.25. The Morgan fingerprint density at radius 3 is 2.17 bits per heavy atom. The van der Waals surface area contributed by atoms with E-state index in [1.54, 1.807) is 55.6 Å². The maximum Gasteiger partial charge on any atom is 0.262 e. The van der Waals surface area contributed by atoms with E-state index in [1.165, 1.54) is 5.56 Å². The lowest BCUT2D eigenvalue weighted by Gasteiger charge is -2.09. The summed E-state index contributed by atoms with van der Waals surface area (Å²) in [5.41, 5.74) is 2.37. The summed E-state index contributed by atoms with van der Waals surface area (Å²) in [5, 5.41) is 5.65. The number of hydrogen-bond acceptors (Lipinski definition) is 4. The zero-order valence-electron chi connectivity index (χ0n) is 16.8. The number of amides is 2. The Labute approximate surface area is 175 Å². The van der Waals surface area contributed by atoms with E-state index in [2.05, 4.69) is 10.6 Å². The molecule has 2 N–H and O–H groups in total. The van der Waals surface area contributed by atoms with Crippen LogP contribution in [0.4, 0.5) is 5.69 Å². The highest BCUT2D eigenvalue weighted by atomic mass is 16.5. The van der Waals surface area contributed by atoms with Crippen molar-refractivity contribution in [1.29, 1.82) is 0 Å². The number of ether oxygens (including phenoxy) is 2. The Morgan fingerprint density at radius 1 is 0.833 bits per heavy atom. The number of benzene rings is 3. The molecule has 0 saturated carbocycles. The number of carbonyl (C=O) groups is 2. The zero-order chi connectivity index (χ0) is 21.2. The van der Waals surface area contributed by atoms with Crippen molar-refractivity contribution in [2.75, 3.05) is 25.6 Å². The molecule has 6 heteroatoms. The zero-order valence-corrected chi connectivity index (χ0v) is 16.8. The van der Waals surface area contributed by atoms with Crippen molar-refractivity contribution < 1.29 is 19.1 Å². The van der Waals surface area contributed by atoms with E-state index in [1.807, 2.05) is 30.3 Å². The van der Waals surface area contributed by atoms with E-state index in [0.717, 1.165) is 6.42 Å². The van der Waals surface area contributed by atoms with E-state index >= 15 is 0 Å². The quantitative estimate of drug-likeness (QED) is 0.570. The SMILES string of the molecule is COc1ccc(NC(=O)COc2ccc(C(=O)NCCc3ccccc3)cc2)cc1. The van der Waals surface area contributed by atoms with Gasteiger partial charge in [0.2, 0.25) is 0 Å². The van der Waals surface area contributed by atoms with Crippen molar-refractivity contribution in [3.63, 3.8) is 0 Å². The Hall–Kier alpha value is -3.80. The molecule has 0 fully saturated rings. The van der Waals surface area contributed by atoms with Gasteiger partial charge < -0.3 is 20.1 Å². The lowest BCUT2D eigenvalue weighted by atomic mass is 10.1. The molecular weight excluding hydrogens is 380 g/mol. The van der Waals surface area contributed by atoms with Gasteiger partial charge in [0.1, 0.15) is 11.5 Å². The van der Waals surface area contributed by atoms with Crippen molar-refractivity contribution >= 4 is 17.5 Å². The van der Waals surface area contributed by atoms with Crippen molar-refractivity contribution in [2.45, 2.75) is 6.42 Å². The molecule has 0 aliphatic heterocycles. The third kappa shape index (κ3) is 6.38. The molecule has 30 heavy (non-hydrogen) atoms. The Bertz CT molecular complexity index is 955. The minimum atomic E-state index is -0.275. The molecule has 0 aliphatic carbocycles. The van der Waals surface area contributed by atoms with Crippen LogP contribution in [0.1, 0.15) is 15.9 Å². The van der Waals surface area contributed by atoms with E-state index in [9.17, 15) is 9.59 Å². The second-order valence-electron chi connectivity index (χ2n) is 6.58. The van der Waals surface area contributed by atoms with Gasteiger partial charge in [0.05, 0.1) is 7.11 Å². The highest BCUT2D eigenvalue weighted by molar-refractivity contribution is 5.94. The second kappa shape index (κ2) is 10.7. The van der Waals surface area contributed by atoms with Gasteiger partial charge in [-0.1, -0.05) is 30.3 Å². The summed E-state index contributed by atoms with van der Waals surface area (Å²) < 4.78 is 10.6. The van der Waals surface area contributed by atoms with Gasteiger partial charge in [-0.05, 0) is 60.5 Å². The number of hydrogen-bond donors (Lipinski definition) is 2. The van der Waals surface area contributed by atoms with Gasteiger partial charge in [0, 0.05) is 17.8 Å². The van der Waals surface area contributed by atoms with Crippen LogP contribution in [0.5, 0.6) is 11.5 Å². The molecule has 0 saturated heterocycles. The predicted octanol–water partition coefficient (Wildman–Crippen LogP) is 3.69. The summed E-state index contributed by atoms with van der Waals surface area (Å²) in [6.07, 6.45) is 0.775. The molecule has 154 valence electrons. The maximum atomic E-state index is 12.2. The first-order valence-electron chi connectivity index (χ1n) is 9.63. The van der Waals surface area contributed by atoms with Gasteiger partial charge in [-0.15, -0.1) is 0 Å². The standard InChI is InChI=1S/C24H24N2O4/c1-29-21-13-9-20(10-14-21)26-23(27)17-30-22-11-7-19(8-12-22)24(28)25-16-15-18-5-3-2-4-6-18/h2-14H,15-17H2,1H3,(H,25,28)(H,26,27). The first kappa shape index (κ1) is 20.9. The second-order valence-corrected chi connectivity index (χ2v) is 6.58. The van der Waals surface area contributed by atoms with Gasteiger partial charge in [0.25, 0.3) is 11.8 Å². The molecular formula is C24H24N2O4.